The van der Waals surface area contributed by atoms with Gasteiger partial charge in [0.1, 0.15) is 0 Å². The molecule has 0 saturated carbocycles. The van der Waals surface area contributed by atoms with Gasteiger partial charge in [-0.3, -0.25) is 0 Å². The molecular weight excluding hydrogens is 183 g/mol. The fourth-order valence-electron chi connectivity index (χ4n) is 1.79. The van der Waals surface area contributed by atoms with Crippen LogP contribution in [0.15, 0.2) is 12.1 Å². The topological polar surface area (TPSA) is 45.2 Å². The standard InChI is InChI=1S/C10H13FN2O/c11-8-1-2-9(13-10(8)14)7-3-5-12-6-4-7/h1-2,7,12H,3-6H2,(H,13,14). The maximum Gasteiger partial charge on any atom is 0.248 e. The van der Waals surface area contributed by atoms with E-state index in [1.807, 2.05) is 0 Å². The number of piperidine rings is 1. The number of rotatable bonds is 1. The highest BCUT2D eigenvalue weighted by molar-refractivity contribution is 5.19. The second-order valence-electron chi connectivity index (χ2n) is 3.57. The summed E-state index contributed by atoms with van der Waals surface area (Å²) < 4.78 is 12.7. The lowest BCUT2D eigenvalue weighted by molar-refractivity contribution is 0.398. The van der Waals surface area contributed by atoms with E-state index in [0.29, 0.717) is 5.92 Å². The van der Waals surface area contributed by atoms with E-state index >= 15 is 0 Å². The molecule has 4 heteroatoms. The van der Waals surface area contributed by atoms with Crippen LogP contribution in [0.2, 0.25) is 0 Å². The van der Waals surface area contributed by atoms with E-state index in [1.165, 1.54) is 6.07 Å². The molecule has 14 heavy (non-hydrogen) atoms. The lowest BCUT2D eigenvalue weighted by atomic mass is 9.94. The van der Waals surface area contributed by atoms with Gasteiger partial charge in [-0.25, -0.2) is 9.37 Å². The Morgan fingerprint density at radius 1 is 1.36 bits per heavy atom. The summed E-state index contributed by atoms with van der Waals surface area (Å²) in [6.07, 6.45) is 2.00. The zero-order chi connectivity index (χ0) is 9.97. The highest BCUT2D eigenvalue weighted by atomic mass is 19.1. The molecule has 1 saturated heterocycles. The average molecular weight is 196 g/mol. The molecule has 1 aromatic heterocycles. The molecule has 0 amide bonds. The number of hydrogen-bond donors (Lipinski definition) is 2. The van der Waals surface area contributed by atoms with Gasteiger partial charge in [0.05, 0.1) is 0 Å². The van der Waals surface area contributed by atoms with Gasteiger partial charge in [-0.15, -0.1) is 0 Å². The molecule has 3 nitrogen and oxygen atoms in total. The summed E-state index contributed by atoms with van der Waals surface area (Å²) >= 11 is 0. The Hall–Kier alpha value is -1.16. The fraction of sp³-hybridized carbons (Fsp3) is 0.500. The van der Waals surface area contributed by atoms with Gasteiger partial charge in [-0.05, 0) is 38.1 Å². The average Bonchev–Trinajstić information content (AvgIpc) is 2.23. The van der Waals surface area contributed by atoms with E-state index < -0.39 is 11.7 Å². The van der Waals surface area contributed by atoms with Crippen LogP contribution in [0.1, 0.15) is 24.5 Å². The van der Waals surface area contributed by atoms with Crippen molar-refractivity contribution in [1.82, 2.24) is 10.3 Å². The Kier molecular flexibility index (Phi) is 2.63. The quantitative estimate of drug-likeness (QED) is 0.713. The molecule has 1 fully saturated rings. The van der Waals surface area contributed by atoms with Crippen LogP contribution in [0.25, 0.3) is 0 Å². The predicted octanol–water partition coefficient (Wildman–Crippen LogP) is 1.39. The number of pyridine rings is 1. The molecule has 2 rings (SSSR count). The number of nitrogens with zero attached hydrogens (tertiary/aromatic N) is 1. The first-order valence-electron chi connectivity index (χ1n) is 4.83. The predicted molar refractivity (Wildman–Crippen MR) is 50.7 cm³/mol. The van der Waals surface area contributed by atoms with Gasteiger partial charge in [0.15, 0.2) is 5.82 Å². The summed E-state index contributed by atoms with van der Waals surface area (Å²) in [6.45, 7) is 1.93. The van der Waals surface area contributed by atoms with E-state index in [4.69, 9.17) is 5.11 Å². The second-order valence-corrected chi connectivity index (χ2v) is 3.57. The highest BCUT2D eigenvalue weighted by Gasteiger charge is 2.17. The van der Waals surface area contributed by atoms with E-state index in [-0.39, 0.29) is 0 Å². The molecule has 0 atom stereocenters. The van der Waals surface area contributed by atoms with Crippen molar-refractivity contribution in [1.29, 1.82) is 0 Å². The number of aromatic hydroxyl groups is 1. The van der Waals surface area contributed by atoms with Crippen molar-refractivity contribution in [2.45, 2.75) is 18.8 Å². The van der Waals surface area contributed by atoms with Crippen LogP contribution in [0.5, 0.6) is 5.88 Å². The lowest BCUT2D eigenvalue weighted by Gasteiger charge is -2.21. The smallest absolute Gasteiger partial charge is 0.248 e. The van der Waals surface area contributed by atoms with Crippen molar-refractivity contribution >= 4 is 0 Å². The molecule has 1 aliphatic heterocycles. The summed E-state index contributed by atoms with van der Waals surface area (Å²) in [6, 6.07) is 2.94. The molecule has 76 valence electrons. The largest absolute Gasteiger partial charge is 0.491 e. The maximum absolute atomic E-state index is 12.7. The molecule has 2 N–H and O–H groups in total. The van der Waals surface area contributed by atoms with Crippen LogP contribution in [-0.2, 0) is 0 Å². The molecule has 1 aromatic rings. The van der Waals surface area contributed by atoms with Crippen molar-refractivity contribution in [3.8, 4) is 5.88 Å². The molecule has 0 unspecified atom stereocenters. The van der Waals surface area contributed by atoms with Crippen LogP contribution >= 0.6 is 0 Å². The number of nitrogens with one attached hydrogen (secondary N) is 1. The Morgan fingerprint density at radius 3 is 2.71 bits per heavy atom. The third-order valence-corrected chi connectivity index (χ3v) is 2.61. The molecule has 0 radical (unpaired) electrons. The molecule has 0 bridgehead atoms. The first-order valence-corrected chi connectivity index (χ1v) is 4.83. The van der Waals surface area contributed by atoms with Crippen LogP contribution in [0.4, 0.5) is 4.39 Å². The summed E-state index contributed by atoms with van der Waals surface area (Å²) in [5.41, 5.74) is 0.797. The monoisotopic (exact) mass is 196 g/mol. The van der Waals surface area contributed by atoms with Crippen LogP contribution in [0, 0.1) is 5.82 Å². The number of halogens is 1. The van der Waals surface area contributed by atoms with Crippen LogP contribution in [-0.4, -0.2) is 23.2 Å². The minimum Gasteiger partial charge on any atom is -0.491 e. The second kappa shape index (κ2) is 3.92. The zero-order valence-corrected chi connectivity index (χ0v) is 7.83. The van der Waals surface area contributed by atoms with Gasteiger partial charge in [0.25, 0.3) is 0 Å². The Bertz CT molecular complexity index is 324. The molecule has 0 aromatic carbocycles. The maximum atomic E-state index is 12.7. The van der Waals surface area contributed by atoms with Gasteiger partial charge < -0.3 is 10.4 Å². The molecule has 2 heterocycles. The molecular formula is C10H13FN2O. The van der Waals surface area contributed by atoms with E-state index in [1.54, 1.807) is 6.07 Å². The summed E-state index contributed by atoms with van der Waals surface area (Å²) in [5.74, 6) is -0.786. The van der Waals surface area contributed by atoms with E-state index in [0.717, 1.165) is 31.6 Å². The van der Waals surface area contributed by atoms with Crippen LogP contribution in [0.3, 0.4) is 0 Å². The van der Waals surface area contributed by atoms with Gasteiger partial charge in [0, 0.05) is 11.6 Å². The normalized spacial score (nSPS) is 18.4. The van der Waals surface area contributed by atoms with Gasteiger partial charge >= 0.3 is 0 Å². The minimum absolute atomic E-state index is 0.350. The highest BCUT2D eigenvalue weighted by Crippen LogP contribution is 2.25. The number of aromatic nitrogens is 1. The Balaban J connectivity index is 2.18. The van der Waals surface area contributed by atoms with Gasteiger partial charge in [0.2, 0.25) is 5.88 Å². The van der Waals surface area contributed by atoms with E-state index in [2.05, 4.69) is 10.3 Å². The fourth-order valence-corrected chi connectivity index (χ4v) is 1.79. The SMILES string of the molecule is Oc1nc(C2CCNCC2)ccc1F. The minimum atomic E-state index is -0.650. The van der Waals surface area contributed by atoms with Crippen molar-refractivity contribution < 1.29 is 9.50 Å². The third kappa shape index (κ3) is 1.85. The van der Waals surface area contributed by atoms with Crippen LogP contribution < -0.4 is 5.32 Å². The first-order chi connectivity index (χ1) is 6.77. The summed E-state index contributed by atoms with van der Waals surface area (Å²) in [7, 11) is 0. The zero-order valence-electron chi connectivity index (χ0n) is 7.83. The third-order valence-electron chi connectivity index (χ3n) is 2.61. The van der Waals surface area contributed by atoms with Crippen molar-refractivity contribution in [3.05, 3.63) is 23.6 Å². The Morgan fingerprint density at radius 2 is 2.07 bits per heavy atom. The van der Waals surface area contributed by atoms with Crippen molar-refractivity contribution in [3.63, 3.8) is 0 Å². The van der Waals surface area contributed by atoms with Crippen molar-refractivity contribution in [2.24, 2.45) is 0 Å². The van der Waals surface area contributed by atoms with Crippen molar-refractivity contribution in [2.75, 3.05) is 13.1 Å². The Labute approximate surface area is 82.0 Å². The molecule has 0 aliphatic carbocycles. The lowest BCUT2D eigenvalue weighted by Crippen LogP contribution is -2.27. The van der Waals surface area contributed by atoms with Gasteiger partial charge in [-0.1, -0.05) is 0 Å². The van der Waals surface area contributed by atoms with E-state index in [9.17, 15) is 4.39 Å². The van der Waals surface area contributed by atoms with Gasteiger partial charge in [-0.2, -0.15) is 0 Å². The molecule has 0 spiro atoms. The number of hydrogen-bond acceptors (Lipinski definition) is 3. The first kappa shape index (κ1) is 9.40. The molecule has 1 aliphatic rings. The summed E-state index contributed by atoms with van der Waals surface area (Å²) in [4.78, 5) is 3.85. The summed E-state index contributed by atoms with van der Waals surface area (Å²) in [5, 5.41) is 12.4.